The molecule has 0 saturated carbocycles. The third-order valence-electron chi connectivity index (χ3n) is 5.25. The number of aryl methyl sites for hydroxylation is 1. The summed E-state index contributed by atoms with van der Waals surface area (Å²) in [6.45, 7) is 7.98. The SMILES string of the molecule is Cc1cccc(C(=O)NCc2ccccc2CN2CCCCC2)c1C. The molecule has 1 N–H and O–H groups in total. The van der Waals surface area contributed by atoms with E-state index in [4.69, 9.17) is 0 Å². The van der Waals surface area contributed by atoms with Crippen LogP contribution in [-0.4, -0.2) is 23.9 Å². The van der Waals surface area contributed by atoms with E-state index < -0.39 is 0 Å². The zero-order chi connectivity index (χ0) is 17.6. The molecule has 1 aliphatic heterocycles. The lowest BCUT2D eigenvalue weighted by Gasteiger charge is -2.27. The molecular weight excluding hydrogens is 308 g/mol. The van der Waals surface area contributed by atoms with Crippen LogP contribution in [0, 0.1) is 13.8 Å². The summed E-state index contributed by atoms with van der Waals surface area (Å²) in [5, 5.41) is 3.10. The van der Waals surface area contributed by atoms with E-state index in [0.29, 0.717) is 6.54 Å². The topological polar surface area (TPSA) is 32.3 Å². The van der Waals surface area contributed by atoms with Gasteiger partial charge in [0.05, 0.1) is 0 Å². The number of nitrogens with zero attached hydrogens (tertiary/aromatic N) is 1. The van der Waals surface area contributed by atoms with Gasteiger partial charge in [-0.3, -0.25) is 9.69 Å². The van der Waals surface area contributed by atoms with Crippen LogP contribution in [0.4, 0.5) is 0 Å². The van der Waals surface area contributed by atoms with Crippen LogP contribution in [0.2, 0.25) is 0 Å². The van der Waals surface area contributed by atoms with Gasteiger partial charge in [0.2, 0.25) is 0 Å². The lowest BCUT2D eigenvalue weighted by Crippen LogP contribution is -2.30. The molecule has 0 unspecified atom stereocenters. The van der Waals surface area contributed by atoms with Gasteiger partial charge >= 0.3 is 0 Å². The molecule has 0 radical (unpaired) electrons. The summed E-state index contributed by atoms with van der Waals surface area (Å²) in [6, 6.07) is 14.4. The average molecular weight is 336 g/mol. The Hall–Kier alpha value is -2.13. The highest BCUT2D eigenvalue weighted by Gasteiger charge is 2.14. The molecule has 3 nitrogen and oxygen atoms in total. The third kappa shape index (κ3) is 4.49. The van der Waals surface area contributed by atoms with E-state index in [1.165, 1.54) is 43.5 Å². The monoisotopic (exact) mass is 336 g/mol. The van der Waals surface area contributed by atoms with Crippen molar-refractivity contribution in [2.45, 2.75) is 46.2 Å². The maximum absolute atomic E-state index is 12.6. The van der Waals surface area contributed by atoms with Gasteiger partial charge in [-0.05, 0) is 68.1 Å². The Labute approximate surface area is 151 Å². The summed E-state index contributed by atoms with van der Waals surface area (Å²) < 4.78 is 0. The van der Waals surface area contributed by atoms with Crippen LogP contribution in [0.15, 0.2) is 42.5 Å². The summed E-state index contributed by atoms with van der Waals surface area (Å²) >= 11 is 0. The Balaban J connectivity index is 1.66. The first-order valence-electron chi connectivity index (χ1n) is 9.28. The van der Waals surface area contributed by atoms with Crippen molar-refractivity contribution < 1.29 is 4.79 Å². The summed E-state index contributed by atoms with van der Waals surface area (Å²) in [5.74, 6) is 0.00831. The largest absolute Gasteiger partial charge is 0.348 e. The van der Waals surface area contributed by atoms with Gasteiger partial charge < -0.3 is 5.32 Å². The number of rotatable bonds is 5. The molecule has 2 aromatic rings. The predicted octanol–water partition coefficient (Wildman–Crippen LogP) is 4.22. The number of carbonyl (C=O) groups excluding carboxylic acids is 1. The molecule has 0 aliphatic carbocycles. The first kappa shape index (κ1) is 17.7. The smallest absolute Gasteiger partial charge is 0.251 e. The Bertz CT molecular complexity index is 733. The van der Waals surface area contributed by atoms with Crippen LogP contribution in [-0.2, 0) is 13.1 Å². The Morgan fingerprint density at radius 3 is 2.44 bits per heavy atom. The van der Waals surface area contributed by atoms with Crippen molar-refractivity contribution in [3.05, 3.63) is 70.3 Å². The highest BCUT2D eigenvalue weighted by atomic mass is 16.1. The van der Waals surface area contributed by atoms with Gasteiger partial charge in [-0.25, -0.2) is 0 Å². The standard InChI is InChI=1S/C22H28N2O/c1-17-9-8-12-21(18(17)2)22(25)23-15-19-10-4-5-11-20(19)16-24-13-6-3-7-14-24/h4-5,8-12H,3,6-7,13-16H2,1-2H3,(H,23,25). The second kappa shape index (κ2) is 8.30. The lowest BCUT2D eigenvalue weighted by molar-refractivity contribution is 0.0950. The minimum Gasteiger partial charge on any atom is -0.348 e. The van der Waals surface area contributed by atoms with Crippen molar-refractivity contribution in [3.8, 4) is 0 Å². The van der Waals surface area contributed by atoms with E-state index in [9.17, 15) is 4.79 Å². The number of amides is 1. The zero-order valence-electron chi connectivity index (χ0n) is 15.3. The quantitative estimate of drug-likeness (QED) is 0.886. The minimum atomic E-state index is 0.00831. The Kier molecular flexibility index (Phi) is 5.87. The molecule has 1 saturated heterocycles. The molecule has 1 fully saturated rings. The molecule has 25 heavy (non-hydrogen) atoms. The maximum atomic E-state index is 12.6. The van der Waals surface area contributed by atoms with Crippen LogP contribution in [0.3, 0.4) is 0 Å². The van der Waals surface area contributed by atoms with Crippen LogP contribution < -0.4 is 5.32 Å². The van der Waals surface area contributed by atoms with E-state index in [-0.39, 0.29) is 5.91 Å². The van der Waals surface area contributed by atoms with Gasteiger partial charge in [0.15, 0.2) is 0 Å². The van der Waals surface area contributed by atoms with Gasteiger partial charge in [-0.2, -0.15) is 0 Å². The van der Waals surface area contributed by atoms with Crippen molar-refractivity contribution in [2.75, 3.05) is 13.1 Å². The molecule has 0 atom stereocenters. The first-order chi connectivity index (χ1) is 12.1. The molecule has 0 spiro atoms. The predicted molar refractivity (Wildman–Crippen MR) is 103 cm³/mol. The molecular formula is C22H28N2O. The van der Waals surface area contributed by atoms with Crippen molar-refractivity contribution in [1.29, 1.82) is 0 Å². The molecule has 0 aromatic heterocycles. The molecule has 0 bridgehead atoms. The van der Waals surface area contributed by atoms with Gasteiger partial charge in [0.25, 0.3) is 5.91 Å². The van der Waals surface area contributed by atoms with E-state index in [0.717, 1.165) is 23.2 Å². The Morgan fingerprint density at radius 1 is 0.960 bits per heavy atom. The fourth-order valence-corrected chi connectivity index (χ4v) is 3.51. The second-order valence-electron chi connectivity index (χ2n) is 7.04. The molecule has 1 aliphatic rings. The number of benzene rings is 2. The van der Waals surface area contributed by atoms with Crippen molar-refractivity contribution in [2.24, 2.45) is 0 Å². The lowest BCUT2D eigenvalue weighted by atomic mass is 10.0. The highest BCUT2D eigenvalue weighted by molar-refractivity contribution is 5.95. The van der Waals surface area contributed by atoms with E-state index in [1.54, 1.807) is 0 Å². The van der Waals surface area contributed by atoms with Gasteiger partial charge in [0.1, 0.15) is 0 Å². The number of hydrogen-bond acceptors (Lipinski definition) is 2. The van der Waals surface area contributed by atoms with Gasteiger partial charge in [-0.1, -0.05) is 42.8 Å². The minimum absolute atomic E-state index is 0.00831. The van der Waals surface area contributed by atoms with Crippen LogP contribution in [0.1, 0.15) is 51.9 Å². The van der Waals surface area contributed by atoms with E-state index in [1.807, 2.05) is 32.0 Å². The van der Waals surface area contributed by atoms with Gasteiger partial charge in [0, 0.05) is 18.7 Å². The summed E-state index contributed by atoms with van der Waals surface area (Å²) in [4.78, 5) is 15.1. The fourth-order valence-electron chi connectivity index (χ4n) is 3.51. The molecule has 3 heteroatoms. The highest BCUT2D eigenvalue weighted by Crippen LogP contribution is 2.17. The summed E-state index contributed by atoms with van der Waals surface area (Å²) in [6.07, 6.45) is 3.95. The molecule has 1 heterocycles. The summed E-state index contributed by atoms with van der Waals surface area (Å²) in [7, 11) is 0. The second-order valence-corrected chi connectivity index (χ2v) is 7.04. The molecule has 3 rings (SSSR count). The van der Waals surface area contributed by atoms with Crippen LogP contribution >= 0.6 is 0 Å². The molecule has 2 aromatic carbocycles. The fraction of sp³-hybridized carbons (Fsp3) is 0.409. The van der Waals surface area contributed by atoms with Crippen LogP contribution in [0.25, 0.3) is 0 Å². The van der Waals surface area contributed by atoms with Crippen molar-refractivity contribution in [1.82, 2.24) is 10.2 Å². The first-order valence-corrected chi connectivity index (χ1v) is 9.28. The number of hydrogen-bond donors (Lipinski definition) is 1. The maximum Gasteiger partial charge on any atom is 0.251 e. The number of carbonyl (C=O) groups is 1. The van der Waals surface area contributed by atoms with Crippen LogP contribution in [0.5, 0.6) is 0 Å². The summed E-state index contributed by atoms with van der Waals surface area (Å²) in [5.41, 5.74) is 5.52. The van der Waals surface area contributed by atoms with E-state index >= 15 is 0 Å². The average Bonchev–Trinajstić information content (AvgIpc) is 2.64. The zero-order valence-corrected chi connectivity index (χ0v) is 15.3. The third-order valence-corrected chi connectivity index (χ3v) is 5.25. The normalized spacial score (nSPS) is 15.1. The van der Waals surface area contributed by atoms with Gasteiger partial charge in [-0.15, -0.1) is 0 Å². The Morgan fingerprint density at radius 2 is 1.68 bits per heavy atom. The number of nitrogens with one attached hydrogen (secondary N) is 1. The molecule has 132 valence electrons. The van der Waals surface area contributed by atoms with E-state index in [2.05, 4.69) is 34.5 Å². The van der Waals surface area contributed by atoms with Crippen molar-refractivity contribution in [3.63, 3.8) is 0 Å². The van der Waals surface area contributed by atoms with Crippen molar-refractivity contribution >= 4 is 5.91 Å². The molecule has 1 amide bonds. The number of piperidine rings is 1. The number of likely N-dealkylation sites (tertiary alicyclic amines) is 1.